The Balaban J connectivity index is 3.10. The summed E-state index contributed by atoms with van der Waals surface area (Å²) in [5.41, 5.74) is 0. The molecule has 0 aromatic rings. The van der Waals surface area contributed by atoms with Crippen LogP contribution in [0.5, 0.6) is 0 Å². The summed E-state index contributed by atoms with van der Waals surface area (Å²) in [6.07, 6.45) is 38.0. The quantitative estimate of drug-likeness (QED) is 0.0444. The maximum Gasteiger partial charge on any atom is 0.0701 e. The molecule has 534 valence electrons. The predicted octanol–water partition coefficient (Wildman–Crippen LogP) is 10.2. The molecule has 0 amide bonds. The van der Waals surface area contributed by atoms with Crippen molar-refractivity contribution in [2.45, 2.75) is 161 Å². The molecule has 0 aliphatic heterocycles. The monoisotopic (exact) mass is 1290 g/mol. The molecule has 0 heterocycles. The van der Waals surface area contributed by atoms with Crippen LogP contribution in [0, 0.1) is 0 Å². The SMILES string of the molecule is CCCCCCCCCCCCCCCCCC/C=C\CCCCCCCCOCCOCCOCCOCCOCCOCCOCCOCCOCCOCCOCCOCCOCCOCCOCCOCCOCCOCCOCCOCCO. The summed E-state index contributed by atoms with van der Waals surface area (Å²) in [7, 11) is 0. The molecule has 0 bridgehead atoms. The third kappa shape index (κ3) is 86.9. The number of allylic oxidation sites excluding steroid dienone is 2. The number of aliphatic hydroxyl groups excluding tert-OH is 1. The molecule has 0 unspecified atom stereocenters. The number of hydrogen-bond donors (Lipinski definition) is 1. The van der Waals surface area contributed by atoms with Crippen LogP contribution in [0.4, 0.5) is 0 Å². The Morgan fingerprint density at radius 2 is 0.292 bits per heavy atom. The highest BCUT2D eigenvalue weighted by molar-refractivity contribution is 4.81. The van der Waals surface area contributed by atoms with Crippen molar-refractivity contribution in [2.75, 3.05) is 271 Å². The highest BCUT2D eigenvalue weighted by Crippen LogP contribution is 2.15. The molecule has 0 saturated carbocycles. The lowest BCUT2D eigenvalue weighted by molar-refractivity contribution is -0.0315. The molecule has 89 heavy (non-hydrogen) atoms. The lowest BCUT2D eigenvalue weighted by Gasteiger charge is -2.09. The van der Waals surface area contributed by atoms with E-state index in [1.807, 2.05) is 0 Å². The highest BCUT2D eigenvalue weighted by atomic mass is 16.6. The normalized spacial score (nSPS) is 11.9. The molecule has 0 aliphatic carbocycles. The molecule has 0 aromatic carbocycles. The predicted molar refractivity (Wildman–Crippen MR) is 349 cm³/mol. The molecule has 0 saturated heterocycles. The molecule has 21 heteroatoms. The van der Waals surface area contributed by atoms with Crippen LogP contribution in [0.15, 0.2) is 12.2 Å². The zero-order chi connectivity index (χ0) is 63.5. The first-order valence-electron chi connectivity index (χ1n) is 35.2. The van der Waals surface area contributed by atoms with Crippen molar-refractivity contribution < 1.29 is 99.8 Å². The number of hydrogen-bond acceptors (Lipinski definition) is 21. The maximum atomic E-state index is 8.62. The molecule has 0 radical (unpaired) electrons. The van der Waals surface area contributed by atoms with Crippen LogP contribution in [0.25, 0.3) is 0 Å². The van der Waals surface area contributed by atoms with Gasteiger partial charge in [0, 0.05) is 6.61 Å². The Bertz CT molecular complexity index is 1230. The first kappa shape index (κ1) is 87.9. The first-order valence-corrected chi connectivity index (χ1v) is 35.2. The van der Waals surface area contributed by atoms with Crippen molar-refractivity contribution in [2.24, 2.45) is 0 Å². The van der Waals surface area contributed by atoms with E-state index in [1.54, 1.807) is 0 Å². The van der Waals surface area contributed by atoms with Crippen molar-refractivity contribution in [1.82, 2.24) is 0 Å². The summed E-state index contributed by atoms with van der Waals surface area (Å²) < 4.78 is 110. The number of rotatable bonds is 85. The van der Waals surface area contributed by atoms with E-state index in [1.165, 1.54) is 148 Å². The lowest BCUT2D eigenvalue weighted by atomic mass is 10.0. The average Bonchev–Trinajstić information content (AvgIpc) is 3.54. The minimum atomic E-state index is 0.0200. The van der Waals surface area contributed by atoms with Gasteiger partial charge < -0.3 is 99.8 Å². The van der Waals surface area contributed by atoms with Gasteiger partial charge in [-0.25, -0.2) is 0 Å². The summed E-state index contributed by atoms with van der Waals surface area (Å²) in [5.74, 6) is 0. The number of aliphatic hydroxyl groups is 1. The second-order valence-corrected chi connectivity index (χ2v) is 21.4. The van der Waals surface area contributed by atoms with Crippen molar-refractivity contribution >= 4 is 0 Å². The smallest absolute Gasteiger partial charge is 0.0701 e. The van der Waals surface area contributed by atoms with E-state index in [4.69, 9.17) is 99.8 Å². The topological polar surface area (TPSA) is 205 Å². The highest BCUT2D eigenvalue weighted by Gasteiger charge is 2.01. The van der Waals surface area contributed by atoms with Crippen molar-refractivity contribution in [1.29, 1.82) is 0 Å². The largest absolute Gasteiger partial charge is 0.394 e. The summed E-state index contributed by atoms with van der Waals surface area (Å²) in [6.45, 7) is 22.7. The Labute approximate surface area is 542 Å². The second-order valence-electron chi connectivity index (χ2n) is 21.4. The second kappa shape index (κ2) is 86.9. The van der Waals surface area contributed by atoms with Gasteiger partial charge in [0.15, 0.2) is 0 Å². The van der Waals surface area contributed by atoms with Gasteiger partial charge >= 0.3 is 0 Å². The van der Waals surface area contributed by atoms with Crippen LogP contribution in [-0.2, 0) is 94.7 Å². The molecule has 0 fully saturated rings. The average molecular weight is 1290 g/mol. The zero-order valence-electron chi connectivity index (χ0n) is 56.7. The summed E-state index contributed by atoms with van der Waals surface area (Å²) in [4.78, 5) is 0. The van der Waals surface area contributed by atoms with Gasteiger partial charge in [-0.15, -0.1) is 0 Å². The van der Waals surface area contributed by atoms with E-state index in [9.17, 15) is 0 Å². The maximum absolute atomic E-state index is 8.62. The minimum Gasteiger partial charge on any atom is -0.394 e. The van der Waals surface area contributed by atoms with Crippen molar-refractivity contribution in [3.63, 3.8) is 0 Å². The van der Waals surface area contributed by atoms with E-state index in [2.05, 4.69) is 19.1 Å². The third-order valence-electron chi connectivity index (χ3n) is 13.6. The van der Waals surface area contributed by atoms with Crippen LogP contribution in [0.1, 0.15) is 161 Å². The Morgan fingerprint density at radius 1 is 0.157 bits per heavy atom. The molecular formula is C68H136O21. The van der Waals surface area contributed by atoms with Crippen LogP contribution in [-0.4, -0.2) is 276 Å². The molecule has 0 spiro atoms. The van der Waals surface area contributed by atoms with Gasteiger partial charge in [0.25, 0.3) is 0 Å². The van der Waals surface area contributed by atoms with E-state index in [0.717, 1.165) is 13.0 Å². The van der Waals surface area contributed by atoms with Crippen LogP contribution in [0.3, 0.4) is 0 Å². The fourth-order valence-corrected chi connectivity index (χ4v) is 8.56. The number of unbranched alkanes of at least 4 members (excludes halogenated alkanes) is 22. The summed E-state index contributed by atoms with van der Waals surface area (Å²) in [5, 5.41) is 8.62. The van der Waals surface area contributed by atoms with Gasteiger partial charge in [-0.05, 0) is 32.1 Å². The zero-order valence-corrected chi connectivity index (χ0v) is 56.7. The number of ether oxygens (including phenoxy) is 20. The van der Waals surface area contributed by atoms with Gasteiger partial charge in [0.05, 0.1) is 264 Å². The van der Waals surface area contributed by atoms with Crippen LogP contribution < -0.4 is 0 Å². The van der Waals surface area contributed by atoms with E-state index >= 15 is 0 Å². The van der Waals surface area contributed by atoms with Gasteiger partial charge in [0.2, 0.25) is 0 Å². The molecule has 0 aliphatic rings. The molecule has 0 aromatic heterocycles. The van der Waals surface area contributed by atoms with E-state index in [0.29, 0.717) is 258 Å². The Hall–Kier alpha value is -1.10. The van der Waals surface area contributed by atoms with Gasteiger partial charge in [-0.2, -0.15) is 0 Å². The van der Waals surface area contributed by atoms with Crippen molar-refractivity contribution in [3.05, 3.63) is 12.2 Å². The Morgan fingerprint density at radius 3 is 0.461 bits per heavy atom. The Kier molecular flexibility index (Phi) is 85.8. The van der Waals surface area contributed by atoms with Crippen LogP contribution in [0.2, 0.25) is 0 Å². The molecule has 21 nitrogen and oxygen atoms in total. The lowest BCUT2D eigenvalue weighted by Crippen LogP contribution is -2.16. The molecular weight excluding hydrogens is 1150 g/mol. The summed E-state index contributed by atoms with van der Waals surface area (Å²) >= 11 is 0. The molecule has 0 atom stereocenters. The molecule has 0 rings (SSSR count). The van der Waals surface area contributed by atoms with E-state index in [-0.39, 0.29) is 6.61 Å². The van der Waals surface area contributed by atoms with Crippen molar-refractivity contribution in [3.8, 4) is 0 Å². The standard InChI is InChI=1S/C68H136O21/c1-2-3-4-5-6-7-8-9-10-11-12-13-14-15-16-17-18-19-20-21-22-23-24-25-26-27-29-70-31-33-72-35-37-74-39-41-76-43-45-78-47-49-80-51-53-82-55-57-84-59-61-86-63-65-88-67-68-89-66-64-87-62-60-85-58-56-83-54-52-81-50-48-79-46-44-77-42-40-75-38-36-73-34-32-71-30-28-69/h19-20,69H,2-18,21-68H2,1H3/b20-19-. The third-order valence-corrected chi connectivity index (χ3v) is 13.6. The van der Waals surface area contributed by atoms with Crippen LogP contribution >= 0.6 is 0 Å². The van der Waals surface area contributed by atoms with Gasteiger partial charge in [-0.1, -0.05) is 141 Å². The van der Waals surface area contributed by atoms with Gasteiger partial charge in [-0.3, -0.25) is 0 Å². The molecule has 1 N–H and O–H groups in total. The van der Waals surface area contributed by atoms with E-state index < -0.39 is 0 Å². The summed E-state index contributed by atoms with van der Waals surface area (Å²) in [6, 6.07) is 0. The fraction of sp³-hybridized carbons (Fsp3) is 0.971. The minimum absolute atomic E-state index is 0.0200. The van der Waals surface area contributed by atoms with Gasteiger partial charge in [0.1, 0.15) is 0 Å². The fourth-order valence-electron chi connectivity index (χ4n) is 8.56. The first-order chi connectivity index (χ1) is 44.4.